The average molecular weight is 354 g/mol. The number of hydrogen-bond donors (Lipinski definition) is 2. The van der Waals surface area contributed by atoms with E-state index in [1.54, 1.807) is 0 Å². The highest BCUT2D eigenvalue weighted by molar-refractivity contribution is 5.92. The summed E-state index contributed by atoms with van der Waals surface area (Å²) in [6, 6.07) is 6.27. The minimum atomic E-state index is -0.984. The summed E-state index contributed by atoms with van der Waals surface area (Å²) >= 11 is 0. The van der Waals surface area contributed by atoms with Crippen molar-refractivity contribution in [3.05, 3.63) is 23.3 Å². The van der Waals surface area contributed by atoms with Crippen molar-refractivity contribution in [3.8, 4) is 6.07 Å². The minimum Gasteiger partial charge on any atom is -0.389 e. The molecule has 1 amide bonds. The van der Waals surface area contributed by atoms with Gasteiger partial charge < -0.3 is 9.67 Å². The van der Waals surface area contributed by atoms with Gasteiger partial charge in [0, 0.05) is 6.04 Å². The van der Waals surface area contributed by atoms with Crippen LogP contribution in [-0.4, -0.2) is 26.2 Å². The summed E-state index contributed by atoms with van der Waals surface area (Å²) in [5, 5.41) is 22.7. The molecule has 0 atom stereocenters. The Labute approximate surface area is 153 Å². The average Bonchev–Trinajstić information content (AvgIpc) is 2.89. The summed E-state index contributed by atoms with van der Waals surface area (Å²) < 4.78 is 2.05. The molecule has 0 aliphatic heterocycles. The smallest absolute Gasteiger partial charge is 0.229 e. The normalized spacial score (nSPS) is 14.9. The lowest BCUT2D eigenvalue weighted by Gasteiger charge is -2.29. The van der Waals surface area contributed by atoms with Gasteiger partial charge in [-0.1, -0.05) is 13.8 Å². The van der Waals surface area contributed by atoms with Crippen LogP contribution in [0.4, 0.5) is 5.95 Å². The van der Waals surface area contributed by atoms with Gasteiger partial charge in [0.1, 0.15) is 0 Å². The lowest BCUT2D eigenvalue weighted by molar-refractivity contribution is -0.121. The van der Waals surface area contributed by atoms with Crippen LogP contribution in [-0.2, 0) is 4.79 Å². The quantitative estimate of drug-likeness (QED) is 0.825. The van der Waals surface area contributed by atoms with Crippen molar-refractivity contribution in [1.29, 1.82) is 5.26 Å². The summed E-state index contributed by atoms with van der Waals surface area (Å²) in [5.41, 5.74) is 2.19. The fourth-order valence-corrected chi connectivity index (χ4v) is 3.44. The Kier molecular flexibility index (Phi) is 5.01. The van der Waals surface area contributed by atoms with Crippen LogP contribution in [0.3, 0.4) is 0 Å². The maximum atomic E-state index is 12.5. The van der Waals surface area contributed by atoms with Gasteiger partial charge in [0.05, 0.1) is 34.7 Å². The number of amides is 1. The first kappa shape index (κ1) is 18.4. The van der Waals surface area contributed by atoms with E-state index in [4.69, 9.17) is 0 Å². The molecule has 0 bridgehead atoms. The molecule has 1 heterocycles. The van der Waals surface area contributed by atoms with Crippen molar-refractivity contribution in [2.45, 2.75) is 70.9 Å². The summed E-state index contributed by atoms with van der Waals surface area (Å²) in [7, 11) is 0. The molecule has 6 heteroatoms. The molecule has 138 valence electrons. The molecule has 1 saturated carbocycles. The first-order valence-corrected chi connectivity index (χ1v) is 9.35. The number of aliphatic hydroxyl groups is 1. The zero-order chi connectivity index (χ0) is 18.9. The third-order valence-electron chi connectivity index (χ3n) is 5.65. The van der Waals surface area contributed by atoms with E-state index in [1.165, 1.54) is 0 Å². The third kappa shape index (κ3) is 3.32. The lowest BCUT2D eigenvalue weighted by atomic mass is 9.92. The molecule has 0 radical (unpaired) electrons. The molecular formula is C20H26N4O2. The second kappa shape index (κ2) is 7.08. The van der Waals surface area contributed by atoms with E-state index in [2.05, 4.69) is 16.4 Å². The second-order valence-electron chi connectivity index (χ2n) is 7.31. The Morgan fingerprint density at radius 3 is 2.65 bits per heavy atom. The van der Waals surface area contributed by atoms with E-state index in [-0.39, 0.29) is 12.3 Å². The molecule has 1 fully saturated rings. The van der Waals surface area contributed by atoms with Crippen molar-refractivity contribution in [2.24, 2.45) is 0 Å². The molecule has 1 aliphatic carbocycles. The van der Waals surface area contributed by atoms with Crippen LogP contribution >= 0.6 is 0 Å². The van der Waals surface area contributed by atoms with E-state index >= 15 is 0 Å². The Bertz CT molecular complexity index is 870. The second-order valence-corrected chi connectivity index (χ2v) is 7.31. The molecule has 2 aromatic rings. The summed E-state index contributed by atoms with van der Waals surface area (Å²) in [6.45, 7) is 5.65. The number of nitriles is 1. The zero-order valence-corrected chi connectivity index (χ0v) is 15.7. The van der Waals surface area contributed by atoms with Crippen LogP contribution in [0.15, 0.2) is 12.1 Å². The number of aromatic nitrogens is 2. The molecule has 3 rings (SSSR count). The topological polar surface area (TPSA) is 90.9 Å². The van der Waals surface area contributed by atoms with Crippen molar-refractivity contribution >= 4 is 22.9 Å². The molecule has 0 spiro atoms. The van der Waals surface area contributed by atoms with Gasteiger partial charge in [0.2, 0.25) is 11.9 Å². The standard InChI is InChI=1S/C20H26N4O2/c1-4-20(26,5-2)11-18(25)23-19-22-16-9-13(3)14(12-21)10-17(16)24(19)15-7-6-8-15/h9-10,15,26H,4-8,11H2,1-3H3,(H,22,23,25). The third-order valence-corrected chi connectivity index (χ3v) is 5.65. The van der Waals surface area contributed by atoms with Crippen molar-refractivity contribution in [3.63, 3.8) is 0 Å². The summed E-state index contributed by atoms with van der Waals surface area (Å²) in [5.74, 6) is 0.281. The number of imidazole rings is 1. The van der Waals surface area contributed by atoms with Crippen LogP contribution in [0.25, 0.3) is 11.0 Å². The predicted octanol–water partition coefficient (Wildman–Crippen LogP) is 3.82. The van der Waals surface area contributed by atoms with Gasteiger partial charge in [-0.05, 0) is 56.7 Å². The molecule has 26 heavy (non-hydrogen) atoms. The molecule has 1 aliphatic rings. The molecule has 6 nitrogen and oxygen atoms in total. The number of aryl methyl sites for hydroxylation is 1. The highest BCUT2D eigenvalue weighted by Crippen LogP contribution is 2.38. The van der Waals surface area contributed by atoms with Gasteiger partial charge in [0.15, 0.2) is 0 Å². The van der Waals surface area contributed by atoms with E-state index < -0.39 is 5.60 Å². The molecule has 1 aromatic heterocycles. The van der Waals surface area contributed by atoms with Crippen LogP contribution in [0, 0.1) is 18.3 Å². The zero-order valence-electron chi connectivity index (χ0n) is 15.7. The van der Waals surface area contributed by atoms with Gasteiger partial charge >= 0.3 is 0 Å². The molecular weight excluding hydrogens is 328 g/mol. The maximum absolute atomic E-state index is 12.5. The van der Waals surface area contributed by atoms with Crippen molar-refractivity contribution in [2.75, 3.05) is 5.32 Å². The van der Waals surface area contributed by atoms with E-state index in [0.29, 0.717) is 30.4 Å². The first-order valence-electron chi connectivity index (χ1n) is 9.35. The Hall–Kier alpha value is -2.39. The monoisotopic (exact) mass is 354 g/mol. The first-order chi connectivity index (χ1) is 12.4. The van der Waals surface area contributed by atoms with Crippen LogP contribution < -0.4 is 5.32 Å². The number of nitrogens with one attached hydrogen (secondary N) is 1. The number of carbonyl (C=O) groups is 1. The molecule has 0 unspecified atom stereocenters. The number of nitrogens with zero attached hydrogens (tertiary/aromatic N) is 3. The van der Waals surface area contributed by atoms with E-state index in [9.17, 15) is 15.2 Å². The highest BCUT2D eigenvalue weighted by Gasteiger charge is 2.29. The number of anilines is 1. The number of carbonyl (C=O) groups excluding carboxylic acids is 1. The van der Waals surface area contributed by atoms with Gasteiger partial charge in [-0.2, -0.15) is 5.26 Å². The van der Waals surface area contributed by atoms with Crippen LogP contribution in [0.2, 0.25) is 0 Å². The predicted molar refractivity (Wildman–Crippen MR) is 101 cm³/mol. The van der Waals surface area contributed by atoms with Crippen molar-refractivity contribution < 1.29 is 9.90 Å². The Morgan fingerprint density at radius 2 is 2.12 bits per heavy atom. The Morgan fingerprint density at radius 1 is 1.42 bits per heavy atom. The van der Waals surface area contributed by atoms with Crippen LogP contribution in [0.1, 0.15) is 69.5 Å². The number of benzene rings is 1. The van der Waals surface area contributed by atoms with Gasteiger partial charge in [-0.3, -0.25) is 10.1 Å². The van der Waals surface area contributed by atoms with Gasteiger partial charge in [-0.15, -0.1) is 0 Å². The van der Waals surface area contributed by atoms with E-state index in [0.717, 1.165) is 35.9 Å². The molecule has 2 N–H and O–H groups in total. The number of fused-ring (bicyclic) bond motifs is 1. The van der Waals surface area contributed by atoms with E-state index in [1.807, 2.05) is 37.5 Å². The summed E-state index contributed by atoms with van der Waals surface area (Å²) in [4.78, 5) is 17.1. The van der Waals surface area contributed by atoms with Gasteiger partial charge in [-0.25, -0.2) is 4.98 Å². The van der Waals surface area contributed by atoms with Crippen LogP contribution in [0.5, 0.6) is 0 Å². The highest BCUT2D eigenvalue weighted by atomic mass is 16.3. The SMILES string of the molecule is CCC(O)(CC)CC(=O)Nc1nc2cc(C)c(C#N)cc2n1C1CCC1. The molecule has 0 saturated heterocycles. The number of rotatable bonds is 6. The maximum Gasteiger partial charge on any atom is 0.229 e. The fraction of sp³-hybridized carbons (Fsp3) is 0.550. The summed E-state index contributed by atoms with van der Waals surface area (Å²) in [6.07, 6.45) is 4.34. The largest absolute Gasteiger partial charge is 0.389 e. The van der Waals surface area contributed by atoms with Gasteiger partial charge in [0.25, 0.3) is 0 Å². The molecule has 1 aromatic carbocycles. The minimum absolute atomic E-state index is 0.0519. The number of hydrogen-bond acceptors (Lipinski definition) is 4. The lowest BCUT2D eigenvalue weighted by Crippen LogP contribution is -2.33. The van der Waals surface area contributed by atoms with Crippen molar-refractivity contribution in [1.82, 2.24) is 9.55 Å². The fourth-order valence-electron chi connectivity index (χ4n) is 3.44. The Balaban J connectivity index is 1.97.